The van der Waals surface area contributed by atoms with Gasteiger partial charge in [0.15, 0.2) is 0 Å². The van der Waals surface area contributed by atoms with Crippen molar-refractivity contribution in [3.8, 4) is 0 Å². The molecule has 2 aromatic rings. The highest BCUT2D eigenvalue weighted by Crippen LogP contribution is 2.19. The second-order valence-corrected chi connectivity index (χ2v) is 5.11. The first-order valence-electron chi connectivity index (χ1n) is 6.02. The number of rotatable bonds is 4. The topological polar surface area (TPSA) is 49.3 Å². The van der Waals surface area contributed by atoms with Gasteiger partial charge in [0.25, 0.3) is 5.91 Å². The molecule has 0 saturated carbocycles. The predicted octanol–water partition coefficient (Wildman–Crippen LogP) is 3.01. The number of carbonyl (C=O) groups is 1. The minimum absolute atomic E-state index is 0.00851. The number of amides is 1. The molecule has 104 valence electrons. The Bertz CT molecular complexity index is 611. The zero-order chi connectivity index (χ0) is 14.5. The van der Waals surface area contributed by atoms with Crippen LogP contribution in [0.5, 0.6) is 0 Å². The smallest absolute Gasteiger partial charge is 0.255 e. The maximum absolute atomic E-state index is 13.6. The summed E-state index contributed by atoms with van der Waals surface area (Å²) in [6.07, 6.45) is 0. The SMILES string of the molecule is O=C(NCc1cccc(CO)c1)c1c(F)cccc1Br. The van der Waals surface area contributed by atoms with Gasteiger partial charge in [-0.15, -0.1) is 0 Å². The highest BCUT2D eigenvalue weighted by molar-refractivity contribution is 9.10. The fraction of sp³-hybridized carbons (Fsp3) is 0.133. The predicted molar refractivity (Wildman–Crippen MR) is 77.6 cm³/mol. The van der Waals surface area contributed by atoms with Gasteiger partial charge in [-0.25, -0.2) is 4.39 Å². The van der Waals surface area contributed by atoms with Crippen molar-refractivity contribution < 1.29 is 14.3 Å². The Morgan fingerprint density at radius 2 is 1.90 bits per heavy atom. The van der Waals surface area contributed by atoms with Gasteiger partial charge in [0.1, 0.15) is 5.82 Å². The van der Waals surface area contributed by atoms with Crippen LogP contribution in [0.1, 0.15) is 21.5 Å². The quantitative estimate of drug-likeness (QED) is 0.900. The molecule has 0 saturated heterocycles. The summed E-state index contributed by atoms with van der Waals surface area (Å²) < 4.78 is 14.0. The second kappa shape index (κ2) is 6.63. The van der Waals surface area contributed by atoms with Crippen molar-refractivity contribution in [3.05, 3.63) is 69.4 Å². The Morgan fingerprint density at radius 3 is 2.60 bits per heavy atom. The summed E-state index contributed by atoms with van der Waals surface area (Å²) >= 11 is 3.16. The largest absolute Gasteiger partial charge is 0.392 e. The van der Waals surface area contributed by atoms with E-state index in [1.54, 1.807) is 24.3 Å². The molecule has 5 heteroatoms. The summed E-state index contributed by atoms with van der Waals surface area (Å²) in [5, 5.41) is 11.7. The van der Waals surface area contributed by atoms with E-state index >= 15 is 0 Å². The van der Waals surface area contributed by atoms with E-state index in [9.17, 15) is 9.18 Å². The van der Waals surface area contributed by atoms with Crippen molar-refractivity contribution in [1.29, 1.82) is 0 Å². The highest BCUT2D eigenvalue weighted by Gasteiger charge is 2.14. The van der Waals surface area contributed by atoms with Crippen LogP contribution >= 0.6 is 15.9 Å². The van der Waals surface area contributed by atoms with Crippen LogP contribution in [0.3, 0.4) is 0 Å². The molecule has 2 N–H and O–H groups in total. The average Bonchev–Trinajstić information content (AvgIpc) is 2.45. The van der Waals surface area contributed by atoms with Crippen molar-refractivity contribution >= 4 is 21.8 Å². The lowest BCUT2D eigenvalue weighted by atomic mass is 10.1. The number of halogens is 2. The number of hydrogen-bond donors (Lipinski definition) is 2. The van der Waals surface area contributed by atoms with Gasteiger partial charge < -0.3 is 10.4 Å². The van der Waals surface area contributed by atoms with Crippen LogP contribution in [-0.4, -0.2) is 11.0 Å². The summed E-state index contributed by atoms with van der Waals surface area (Å²) in [5.74, 6) is -1.05. The lowest BCUT2D eigenvalue weighted by Crippen LogP contribution is -2.24. The van der Waals surface area contributed by atoms with Crippen LogP contribution in [0.4, 0.5) is 4.39 Å². The van der Waals surface area contributed by atoms with E-state index in [2.05, 4.69) is 21.2 Å². The van der Waals surface area contributed by atoms with Gasteiger partial charge in [-0.3, -0.25) is 4.79 Å². The van der Waals surface area contributed by atoms with Crippen LogP contribution in [-0.2, 0) is 13.2 Å². The number of carbonyl (C=O) groups excluding carboxylic acids is 1. The fourth-order valence-electron chi connectivity index (χ4n) is 1.82. The zero-order valence-electron chi connectivity index (χ0n) is 10.6. The summed E-state index contributed by atoms with van der Waals surface area (Å²) in [6.45, 7) is 0.216. The Hall–Kier alpha value is -1.72. The molecule has 0 spiro atoms. The molecule has 20 heavy (non-hydrogen) atoms. The van der Waals surface area contributed by atoms with Crippen LogP contribution < -0.4 is 5.32 Å². The first-order valence-corrected chi connectivity index (χ1v) is 6.82. The number of nitrogens with one attached hydrogen (secondary N) is 1. The number of benzene rings is 2. The molecule has 0 fully saturated rings. The van der Waals surface area contributed by atoms with Crippen LogP contribution in [0.15, 0.2) is 46.9 Å². The van der Waals surface area contributed by atoms with Crippen molar-refractivity contribution in [2.24, 2.45) is 0 Å². The monoisotopic (exact) mass is 337 g/mol. The van der Waals surface area contributed by atoms with E-state index in [0.717, 1.165) is 11.1 Å². The molecule has 0 aliphatic rings. The van der Waals surface area contributed by atoms with Crippen molar-refractivity contribution in [3.63, 3.8) is 0 Å². The number of aliphatic hydroxyl groups excluding tert-OH is 1. The van der Waals surface area contributed by atoms with Gasteiger partial charge >= 0.3 is 0 Å². The fourth-order valence-corrected chi connectivity index (χ4v) is 2.35. The molecule has 0 radical (unpaired) electrons. The zero-order valence-corrected chi connectivity index (χ0v) is 12.2. The van der Waals surface area contributed by atoms with E-state index in [0.29, 0.717) is 4.47 Å². The molecule has 2 aromatic carbocycles. The Labute approximate surface area is 124 Å². The average molecular weight is 338 g/mol. The molecular formula is C15H13BrFNO2. The molecule has 0 aromatic heterocycles. The Morgan fingerprint density at radius 1 is 1.20 bits per heavy atom. The molecule has 3 nitrogen and oxygen atoms in total. The minimum Gasteiger partial charge on any atom is -0.392 e. The maximum Gasteiger partial charge on any atom is 0.255 e. The molecular weight excluding hydrogens is 325 g/mol. The molecule has 0 bridgehead atoms. The van der Waals surface area contributed by atoms with Crippen LogP contribution in [0.25, 0.3) is 0 Å². The van der Waals surface area contributed by atoms with Gasteiger partial charge in [-0.2, -0.15) is 0 Å². The molecule has 0 heterocycles. The third kappa shape index (κ3) is 3.43. The summed E-state index contributed by atoms with van der Waals surface area (Å²) in [7, 11) is 0. The summed E-state index contributed by atoms with van der Waals surface area (Å²) in [6, 6.07) is 11.6. The van der Waals surface area contributed by atoms with E-state index < -0.39 is 11.7 Å². The summed E-state index contributed by atoms with van der Waals surface area (Å²) in [4.78, 5) is 12.0. The molecule has 1 amide bonds. The normalized spacial score (nSPS) is 10.3. The minimum atomic E-state index is -0.569. The highest BCUT2D eigenvalue weighted by atomic mass is 79.9. The van der Waals surface area contributed by atoms with Gasteiger partial charge in [-0.05, 0) is 39.2 Å². The first-order chi connectivity index (χ1) is 9.61. The molecule has 0 aliphatic heterocycles. The third-order valence-electron chi connectivity index (χ3n) is 2.82. The van der Waals surface area contributed by atoms with Gasteiger partial charge in [0, 0.05) is 11.0 Å². The maximum atomic E-state index is 13.6. The van der Waals surface area contributed by atoms with E-state index in [4.69, 9.17) is 5.11 Å². The van der Waals surface area contributed by atoms with Crippen molar-refractivity contribution in [1.82, 2.24) is 5.32 Å². The van der Waals surface area contributed by atoms with E-state index in [1.165, 1.54) is 12.1 Å². The Kier molecular flexibility index (Phi) is 4.87. The van der Waals surface area contributed by atoms with Gasteiger partial charge in [-0.1, -0.05) is 30.3 Å². The van der Waals surface area contributed by atoms with Crippen molar-refractivity contribution in [2.45, 2.75) is 13.2 Å². The number of hydrogen-bond acceptors (Lipinski definition) is 2. The lowest BCUT2D eigenvalue weighted by Gasteiger charge is -2.08. The third-order valence-corrected chi connectivity index (χ3v) is 3.48. The molecule has 0 aliphatic carbocycles. The van der Waals surface area contributed by atoms with Crippen LogP contribution in [0.2, 0.25) is 0 Å². The van der Waals surface area contributed by atoms with Crippen molar-refractivity contribution in [2.75, 3.05) is 0 Å². The van der Waals surface area contributed by atoms with Gasteiger partial charge in [0.2, 0.25) is 0 Å². The van der Waals surface area contributed by atoms with E-state index in [-0.39, 0.29) is 18.7 Å². The molecule has 0 unspecified atom stereocenters. The summed E-state index contributed by atoms with van der Waals surface area (Å²) in [5.41, 5.74) is 1.60. The van der Waals surface area contributed by atoms with E-state index in [1.807, 2.05) is 6.07 Å². The lowest BCUT2D eigenvalue weighted by molar-refractivity contribution is 0.0946. The Balaban J connectivity index is 2.09. The first kappa shape index (κ1) is 14.7. The number of aliphatic hydroxyl groups is 1. The van der Waals surface area contributed by atoms with Gasteiger partial charge in [0.05, 0.1) is 12.2 Å². The molecule has 2 rings (SSSR count). The standard InChI is InChI=1S/C15H13BrFNO2/c16-12-5-2-6-13(17)14(12)15(20)18-8-10-3-1-4-11(7-10)9-19/h1-7,19H,8-9H2,(H,18,20). The second-order valence-electron chi connectivity index (χ2n) is 4.26. The molecule has 0 atom stereocenters. The van der Waals surface area contributed by atoms with Crippen LogP contribution in [0, 0.1) is 5.82 Å².